The zero-order chi connectivity index (χ0) is 21.1. The van der Waals surface area contributed by atoms with Crippen molar-refractivity contribution in [3.05, 3.63) is 57.6 Å². The molecule has 1 amide bonds. The van der Waals surface area contributed by atoms with Crippen LogP contribution >= 0.6 is 0 Å². The Morgan fingerprint density at radius 2 is 1.87 bits per heavy atom. The smallest absolute Gasteiger partial charge is 0.310 e. The quantitative estimate of drug-likeness (QED) is 0.574. The average Bonchev–Trinajstić information content (AvgIpc) is 3.21. The molecule has 1 N–H and O–H groups in total. The van der Waals surface area contributed by atoms with Crippen molar-refractivity contribution in [3.8, 4) is 17.2 Å². The number of rotatable bonds is 6. The first kappa shape index (κ1) is 20.0. The Morgan fingerprint density at radius 3 is 2.60 bits per heavy atom. The van der Waals surface area contributed by atoms with Gasteiger partial charge < -0.3 is 19.5 Å². The summed E-state index contributed by atoms with van der Waals surface area (Å²) in [5.74, 6) is 1.17. The predicted molar refractivity (Wildman–Crippen MR) is 109 cm³/mol. The van der Waals surface area contributed by atoms with Crippen LogP contribution in [0.1, 0.15) is 36.8 Å². The Labute approximate surface area is 174 Å². The Hall–Kier alpha value is -3.29. The number of carbonyl (C=O) groups excluding carboxylic acids is 1. The van der Waals surface area contributed by atoms with Crippen molar-refractivity contribution < 1.29 is 23.9 Å². The van der Waals surface area contributed by atoms with Crippen LogP contribution in [-0.2, 0) is 10.3 Å². The number of fused-ring (bicyclic) bond motifs is 1. The van der Waals surface area contributed by atoms with Crippen LogP contribution in [-0.4, -0.2) is 30.7 Å². The normalized spacial score (nSPS) is 16.7. The molecule has 30 heavy (non-hydrogen) atoms. The lowest BCUT2D eigenvalue weighted by molar-refractivity contribution is -0.385. The maximum absolute atomic E-state index is 12.7. The summed E-state index contributed by atoms with van der Waals surface area (Å²) in [7, 11) is 0. The fourth-order valence-corrected chi connectivity index (χ4v) is 4.14. The molecular formula is C22H24N2O6. The summed E-state index contributed by atoms with van der Waals surface area (Å²) in [5.41, 5.74) is 1.13. The first-order valence-corrected chi connectivity index (χ1v) is 10.1. The van der Waals surface area contributed by atoms with Gasteiger partial charge in [0.15, 0.2) is 23.9 Å². The highest BCUT2D eigenvalue weighted by atomic mass is 16.6. The SMILES string of the molecule is Cc1ccc([N+](=O)[O-])c(OCC(=O)NC2(c3ccc4c(c3)OCCO4)CCCC2)c1. The molecule has 1 saturated carbocycles. The van der Waals surface area contributed by atoms with E-state index in [9.17, 15) is 14.9 Å². The van der Waals surface area contributed by atoms with Crippen LogP contribution in [0.2, 0.25) is 0 Å². The maximum atomic E-state index is 12.7. The lowest BCUT2D eigenvalue weighted by atomic mass is 9.87. The van der Waals surface area contributed by atoms with E-state index in [1.165, 1.54) is 6.07 Å². The molecule has 0 unspecified atom stereocenters. The van der Waals surface area contributed by atoms with Crippen LogP contribution in [0.4, 0.5) is 5.69 Å². The molecule has 1 aliphatic heterocycles. The highest BCUT2D eigenvalue weighted by Crippen LogP contribution is 2.42. The van der Waals surface area contributed by atoms with Crippen molar-refractivity contribution >= 4 is 11.6 Å². The number of hydrogen-bond donors (Lipinski definition) is 1. The molecule has 8 heteroatoms. The number of hydrogen-bond acceptors (Lipinski definition) is 6. The van der Waals surface area contributed by atoms with E-state index in [0.29, 0.717) is 24.7 Å². The second kappa shape index (κ2) is 8.22. The highest BCUT2D eigenvalue weighted by molar-refractivity contribution is 5.79. The fourth-order valence-electron chi connectivity index (χ4n) is 4.14. The van der Waals surface area contributed by atoms with Gasteiger partial charge in [0.2, 0.25) is 0 Å². The predicted octanol–water partition coefficient (Wildman–Crippen LogP) is 3.64. The van der Waals surface area contributed by atoms with Crippen molar-refractivity contribution in [2.45, 2.75) is 38.1 Å². The number of ether oxygens (including phenoxy) is 3. The molecule has 158 valence electrons. The summed E-state index contributed by atoms with van der Waals surface area (Å²) in [5, 5.41) is 14.3. The third-order valence-corrected chi connectivity index (χ3v) is 5.60. The van der Waals surface area contributed by atoms with Crippen molar-refractivity contribution in [3.63, 3.8) is 0 Å². The van der Waals surface area contributed by atoms with Crippen LogP contribution < -0.4 is 19.5 Å². The van der Waals surface area contributed by atoms with E-state index in [-0.39, 0.29) is 24.0 Å². The van der Waals surface area contributed by atoms with Gasteiger partial charge in [-0.2, -0.15) is 0 Å². The summed E-state index contributed by atoms with van der Waals surface area (Å²) >= 11 is 0. The largest absolute Gasteiger partial charge is 0.486 e. The van der Waals surface area contributed by atoms with Gasteiger partial charge in [0.1, 0.15) is 13.2 Å². The van der Waals surface area contributed by atoms with Crippen molar-refractivity contribution in [1.82, 2.24) is 5.32 Å². The lowest BCUT2D eigenvalue weighted by Crippen LogP contribution is -2.45. The first-order valence-electron chi connectivity index (χ1n) is 10.1. The van der Waals surface area contributed by atoms with Crippen LogP contribution in [0.5, 0.6) is 17.2 Å². The van der Waals surface area contributed by atoms with Crippen LogP contribution in [0.25, 0.3) is 0 Å². The summed E-state index contributed by atoms with van der Waals surface area (Å²) in [6, 6.07) is 10.4. The minimum Gasteiger partial charge on any atom is -0.486 e. The van der Waals surface area contributed by atoms with Gasteiger partial charge in [0, 0.05) is 6.07 Å². The molecule has 0 aromatic heterocycles. The van der Waals surface area contributed by atoms with Gasteiger partial charge in [-0.15, -0.1) is 0 Å². The van der Waals surface area contributed by atoms with Crippen LogP contribution in [0.15, 0.2) is 36.4 Å². The lowest BCUT2D eigenvalue weighted by Gasteiger charge is -2.32. The zero-order valence-electron chi connectivity index (χ0n) is 16.8. The molecule has 0 radical (unpaired) electrons. The van der Waals surface area contributed by atoms with E-state index in [2.05, 4.69) is 5.32 Å². The Bertz CT molecular complexity index is 968. The summed E-state index contributed by atoms with van der Waals surface area (Å²) in [6.07, 6.45) is 3.61. The molecule has 2 aliphatic rings. The number of benzene rings is 2. The first-order chi connectivity index (χ1) is 14.5. The standard InChI is InChI=1S/C22H24N2O6/c1-15-4-6-17(24(26)27)19(12-15)30-14-21(25)23-22(8-2-3-9-22)16-5-7-18-20(13-16)29-11-10-28-18/h4-7,12-13H,2-3,8-11,14H2,1H3,(H,23,25). The van der Waals surface area contributed by atoms with Gasteiger partial charge in [-0.25, -0.2) is 0 Å². The topological polar surface area (TPSA) is 99.9 Å². The molecule has 0 spiro atoms. The van der Waals surface area contributed by atoms with E-state index >= 15 is 0 Å². The second-order valence-electron chi connectivity index (χ2n) is 7.71. The van der Waals surface area contributed by atoms with E-state index in [4.69, 9.17) is 14.2 Å². The minimum absolute atomic E-state index is 0.0925. The Kier molecular flexibility index (Phi) is 5.48. The molecule has 0 bridgehead atoms. The second-order valence-corrected chi connectivity index (χ2v) is 7.71. The monoisotopic (exact) mass is 412 g/mol. The molecule has 8 nitrogen and oxygen atoms in total. The molecular weight excluding hydrogens is 388 g/mol. The molecule has 1 heterocycles. The van der Waals surface area contributed by atoms with E-state index in [0.717, 1.165) is 36.8 Å². The summed E-state index contributed by atoms with van der Waals surface area (Å²) in [4.78, 5) is 23.4. The van der Waals surface area contributed by atoms with Crippen molar-refractivity contribution in [1.29, 1.82) is 0 Å². The zero-order valence-corrected chi connectivity index (χ0v) is 16.8. The number of nitrogens with zero attached hydrogens (tertiary/aromatic N) is 1. The van der Waals surface area contributed by atoms with Gasteiger partial charge >= 0.3 is 5.69 Å². The third-order valence-electron chi connectivity index (χ3n) is 5.60. The van der Waals surface area contributed by atoms with Gasteiger partial charge in [0.05, 0.1) is 10.5 Å². The third kappa shape index (κ3) is 4.03. The minimum atomic E-state index is -0.514. The van der Waals surface area contributed by atoms with Gasteiger partial charge in [0.25, 0.3) is 5.91 Å². The molecule has 0 saturated heterocycles. The number of nitrogens with one attached hydrogen (secondary N) is 1. The molecule has 1 aliphatic carbocycles. The highest BCUT2D eigenvalue weighted by Gasteiger charge is 2.38. The average molecular weight is 412 g/mol. The van der Waals surface area contributed by atoms with Crippen LogP contribution in [0.3, 0.4) is 0 Å². The number of aryl methyl sites for hydroxylation is 1. The Morgan fingerprint density at radius 1 is 1.13 bits per heavy atom. The molecule has 2 aromatic carbocycles. The summed E-state index contributed by atoms with van der Waals surface area (Å²) < 4.78 is 16.8. The van der Waals surface area contributed by atoms with Crippen LogP contribution in [0, 0.1) is 17.0 Å². The van der Waals surface area contributed by atoms with Gasteiger partial charge in [-0.3, -0.25) is 14.9 Å². The fraction of sp³-hybridized carbons (Fsp3) is 0.409. The maximum Gasteiger partial charge on any atom is 0.310 e. The van der Waals surface area contributed by atoms with E-state index in [1.54, 1.807) is 12.1 Å². The number of nitro benzene ring substituents is 1. The number of nitro groups is 1. The van der Waals surface area contributed by atoms with Crippen molar-refractivity contribution in [2.24, 2.45) is 0 Å². The van der Waals surface area contributed by atoms with Crippen molar-refractivity contribution in [2.75, 3.05) is 19.8 Å². The van der Waals surface area contributed by atoms with E-state index < -0.39 is 10.5 Å². The molecule has 0 atom stereocenters. The van der Waals surface area contributed by atoms with Gasteiger partial charge in [-0.05, 0) is 49.1 Å². The van der Waals surface area contributed by atoms with Gasteiger partial charge in [-0.1, -0.05) is 25.0 Å². The summed E-state index contributed by atoms with van der Waals surface area (Å²) in [6.45, 7) is 2.54. The molecule has 4 rings (SSSR count). The molecule has 2 aromatic rings. The van der Waals surface area contributed by atoms with E-state index in [1.807, 2.05) is 25.1 Å². The number of carbonyl (C=O) groups is 1. The Balaban J connectivity index is 1.50. The number of amides is 1. The molecule has 1 fully saturated rings.